The summed E-state index contributed by atoms with van der Waals surface area (Å²) in [6.45, 7) is 9.46. The van der Waals surface area contributed by atoms with Crippen LogP contribution in [0.2, 0.25) is 0 Å². The number of carbonyl (C=O) groups is 2. The Hall–Kier alpha value is -2.34. The highest BCUT2D eigenvalue weighted by atomic mass is 79.9. The molecule has 6 heteroatoms. The van der Waals surface area contributed by atoms with Crippen LogP contribution in [0.1, 0.15) is 61.3 Å². The Labute approximate surface area is 181 Å². The van der Waals surface area contributed by atoms with Crippen molar-refractivity contribution in [3.8, 4) is 5.75 Å². The van der Waals surface area contributed by atoms with E-state index in [2.05, 4.69) is 35.1 Å². The highest BCUT2D eigenvalue weighted by Crippen LogP contribution is 2.27. The number of nitrogens with one attached hydrogen (secondary N) is 1. The normalized spacial score (nSPS) is 10.7. The van der Waals surface area contributed by atoms with Gasteiger partial charge in [0, 0.05) is 29.9 Å². The van der Waals surface area contributed by atoms with Gasteiger partial charge in [0.25, 0.3) is 11.8 Å². The molecule has 0 aromatic heterocycles. The van der Waals surface area contributed by atoms with Gasteiger partial charge in [-0.1, -0.05) is 19.9 Å². The molecule has 0 fully saturated rings. The van der Waals surface area contributed by atoms with E-state index in [0.29, 0.717) is 22.6 Å². The second-order valence-electron chi connectivity index (χ2n) is 7.14. The molecule has 0 atom stereocenters. The lowest BCUT2D eigenvalue weighted by molar-refractivity contribution is 0.0755. The molecule has 2 aromatic rings. The number of ether oxygens (including phenoxy) is 1. The average Bonchev–Trinajstić information content (AvgIpc) is 2.68. The van der Waals surface area contributed by atoms with Gasteiger partial charge in [0.1, 0.15) is 5.75 Å². The van der Waals surface area contributed by atoms with Crippen molar-refractivity contribution in [2.75, 3.05) is 18.4 Å². The number of hydrogen-bond acceptors (Lipinski definition) is 3. The second-order valence-corrected chi connectivity index (χ2v) is 7.99. The maximum atomic E-state index is 12.8. The van der Waals surface area contributed by atoms with E-state index in [1.165, 1.54) is 0 Å². The van der Waals surface area contributed by atoms with Crippen molar-refractivity contribution in [1.29, 1.82) is 0 Å². The van der Waals surface area contributed by atoms with Gasteiger partial charge < -0.3 is 15.0 Å². The molecule has 2 aromatic carbocycles. The Kier molecular flexibility index (Phi) is 8.70. The zero-order valence-electron chi connectivity index (χ0n) is 17.5. The lowest BCUT2D eigenvalue weighted by Crippen LogP contribution is -2.32. The molecule has 0 bridgehead atoms. The van der Waals surface area contributed by atoms with Crippen molar-refractivity contribution < 1.29 is 14.3 Å². The molecular weight excluding hydrogens is 432 g/mol. The zero-order chi connectivity index (χ0) is 21.4. The van der Waals surface area contributed by atoms with E-state index in [0.717, 1.165) is 30.4 Å². The van der Waals surface area contributed by atoms with Gasteiger partial charge in [-0.3, -0.25) is 9.59 Å². The minimum atomic E-state index is -0.245. The third-order valence-corrected chi connectivity index (χ3v) is 4.82. The molecule has 5 nitrogen and oxygen atoms in total. The Morgan fingerprint density at radius 2 is 1.72 bits per heavy atom. The van der Waals surface area contributed by atoms with Gasteiger partial charge >= 0.3 is 0 Å². The predicted molar refractivity (Wildman–Crippen MR) is 121 cm³/mol. The first-order chi connectivity index (χ1) is 13.8. The van der Waals surface area contributed by atoms with Gasteiger partial charge in [0.05, 0.1) is 10.6 Å². The molecule has 0 heterocycles. The summed E-state index contributed by atoms with van der Waals surface area (Å²) in [4.78, 5) is 27.3. The third-order valence-electron chi connectivity index (χ3n) is 4.20. The van der Waals surface area contributed by atoms with Crippen molar-refractivity contribution >= 4 is 33.4 Å². The quantitative estimate of drug-likeness (QED) is 0.517. The summed E-state index contributed by atoms with van der Waals surface area (Å²) in [5.41, 5.74) is 1.67. The van der Waals surface area contributed by atoms with Crippen LogP contribution >= 0.6 is 15.9 Å². The fourth-order valence-electron chi connectivity index (χ4n) is 2.96. The number of rotatable bonds is 9. The van der Waals surface area contributed by atoms with Gasteiger partial charge in [-0.05, 0) is 79.0 Å². The van der Waals surface area contributed by atoms with E-state index >= 15 is 0 Å². The molecule has 2 amide bonds. The zero-order valence-corrected chi connectivity index (χ0v) is 19.1. The Bertz CT molecular complexity index is 846. The molecule has 0 aliphatic rings. The fraction of sp³-hybridized carbons (Fsp3) is 0.391. The molecule has 0 radical (unpaired) electrons. The van der Waals surface area contributed by atoms with Gasteiger partial charge in [0.2, 0.25) is 0 Å². The number of hydrogen-bond donors (Lipinski definition) is 1. The number of amides is 2. The van der Waals surface area contributed by atoms with Crippen molar-refractivity contribution in [1.82, 2.24) is 4.90 Å². The van der Waals surface area contributed by atoms with E-state index in [4.69, 9.17) is 4.74 Å². The van der Waals surface area contributed by atoms with Crippen LogP contribution in [0.25, 0.3) is 0 Å². The van der Waals surface area contributed by atoms with E-state index in [1.807, 2.05) is 18.7 Å². The lowest BCUT2D eigenvalue weighted by Gasteiger charge is -2.21. The first-order valence-corrected chi connectivity index (χ1v) is 10.8. The van der Waals surface area contributed by atoms with Crippen LogP contribution in [0, 0.1) is 0 Å². The molecule has 156 valence electrons. The molecule has 0 aliphatic heterocycles. The SMILES string of the molecule is CCCN(CCC)C(=O)c1cccc(NC(=O)c2ccc(OC(C)C)c(Br)c2)c1. The van der Waals surface area contributed by atoms with Crippen LogP contribution in [0.4, 0.5) is 5.69 Å². The van der Waals surface area contributed by atoms with Crippen molar-refractivity contribution in [3.63, 3.8) is 0 Å². The minimum absolute atomic E-state index is 0.0114. The fourth-order valence-corrected chi connectivity index (χ4v) is 3.43. The summed E-state index contributed by atoms with van der Waals surface area (Å²) in [5.74, 6) is 0.434. The van der Waals surface area contributed by atoms with Crippen LogP contribution < -0.4 is 10.1 Å². The highest BCUT2D eigenvalue weighted by molar-refractivity contribution is 9.10. The van der Waals surface area contributed by atoms with Gasteiger partial charge in [-0.2, -0.15) is 0 Å². The standard InChI is InChI=1S/C23H29BrN2O3/c1-5-12-26(13-6-2)23(28)18-8-7-9-19(14-18)25-22(27)17-10-11-21(20(24)15-17)29-16(3)4/h7-11,14-16H,5-6,12-13H2,1-4H3,(H,25,27). The summed E-state index contributed by atoms with van der Waals surface area (Å²) in [6, 6.07) is 12.3. The molecule has 0 aliphatic carbocycles. The summed E-state index contributed by atoms with van der Waals surface area (Å²) < 4.78 is 6.40. The van der Waals surface area contributed by atoms with Crippen molar-refractivity contribution in [3.05, 3.63) is 58.1 Å². The number of benzene rings is 2. The van der Waals surface area contributed by atoms with Crippen LogP contribution in [-0.4, -0.2) is 35.9 Å². The first-order valence-electron chi connectivity index (χ1n) is 10.0. The van der Waals surface area contributed by atoms with E-state index in [9.17, 15) is 9.59 Å². The Balaban J connectivity index is 2.14. The monoisotopic (exact) mass is 460 g/mol. The lowest BCUT2D eigenvalue weighted by atomic mass is 10.1. The molecule has 2 rings (SSSR count). The summed E-state index contributed by atoms with van der Waals surface area (Å²) in [5, 5.41) is 2.87. The van der Waals surface area contributed by atoms with Crippen LogP contribution in [0.3, 0.4) is 0 Å². The van der Waals surface area contributed by atoms with Crippen LogP contribution in [0.5, 0.6) is 5.75 Å². The van der Waals surface area contributed by atoms with Crippen molar-refractivity contribution in [2.24, 2.45) is 0 Å². The second kappa shape index (κ2) is 11.0. The number of halogens is 1. The van der Waals surface area contributed by atoms with Gasteiger partial charge in [-0.25, -0.2) is 0 Å². The third kappa shape index (κ3) is 6.60. The number of carbonyl (C=O) groups excluding carboxylic acids is 2. The molecule has 0 saturated heterocycles. The minimum Gasteiger partial charge on any atom is -0.490 e. The maximum absolute atomic E-state index is 12.8. The predicted octanol–water partition coefficient (Wildman–Crippen LogP) is 5.75. The Morgan fingerprint density at radius 1 is 1.03 bits per heavy atom. The summed E-state index contributed by atoms with van der Waals surface area (Å²) >= 11 is 3.45. The summed E-state index contributed by atoms with van der Waals surface area (Å²) in [6.07, 6.45) is 1.87. The topological polar surface area (TPSA) is 58.6 Å². The molecule has 0 spiro atoms. The van der Waals surface area contributed by atoms with Gasteiger partial charge in [0.15, 0.2) is 0 Å². The molecule has 0 saturated carbocycles. The van der Waals surface area contributed by atoms with E-state index < -0.39 is 0 Å². The highest BCUT2D eigenvalue weighted by Gasteiger charge is 2.16. The largest absolute Gasteiger partial charge is 0.490 e. The molecule has 0 unspecified atom stereocenters. The average molecular weight is 461 g/mol. The van der Waals surface area contributed by atoms with Gasteiger partial charge in [-0.15, -0.1) is 0 Å². The van der Waals surface area contributed by atoms with Crippen LogP contribution in [-0.2, 0) is 0 Å². The molecule has 1 N–H and O–H groups in total. The Morgan fingerprint density at radius 3 is 2.31 bits per heavy atom. The van der Waals surface area contributed by atoms with E-state index in [1.54, 1.807) is 42.5 Å². The molecular formula is C23H29BrN2O3. The smallest absolute Gasteiger partial charge is 0.255 e. The first kappa shape index (κ1) is 22.9. The number of nitrogens with zero attached hydrogens (tertiary/aromatic N) is 1. The summed E-state index contributed by atoms with van der Waals surface area (Å²) in [7, 11) is 0. The van der Waals surface area contributed by atoms with E-state index in [-0.39, 0.29) is 17.9 Å². The maximum Gasteiger partial charge on any atom is 0.255 e. The molecule has 29 heavy (non-hydrogen) atoms. The van der Waals surface area contributed by atoms with Crippen LogP contribution in [0.15, 0.2) is 46.9 Å². The van der Waals surface area contributed by atoms with Crippen molar-refractivity contribution in [2.45, 2.75) is 46.6 Å². The number of anilines is 1.